The number of piperidine rings is 1. The van der Waals surface area contributed by atoms with Crippen LogP contribution in [-0.4, -0.2) is 30.2 Å². The fourth-order valence-electron chi connectivity index (χ4n) is 1.46. The van der Waals surface area contributed by atoms with Crippen molar-refractivity contribution in [1.29, 1.82) is 0 Å². The van der Waals surface area contributed by atoms with E-state index < -0.39 is 0 Å². The molecule has 67 valence electrons. The topological polar surface area (TPSA) is 37.4 Å². The SMILES string of the molecule is O=[C]CCC(=O)N1CCCCC1. The molecule has 0 aromatic carbocycles. The zero-order valence-corrected chi connectivity index (χ0v) is 7.21. The van der Waals surface area contributed by atoms with Gasteiger partial charge < -0.3 is 4.90 Å². The lowest BCUT2D eigenvalue weighted by Gasteiger charge is -2.26. The Hall–Kier alpha value is -0.860. The van der Waals surface area contributed by atoms with E-state index in [9.17, 15) is 9.59 Å². The van der Waals surface area contributed by atoms with Crippen molar-refractivity contribution in [2.45, 2.75) is 32.1 Å². The molecule has 0 aromatic heterocycles. The van der Waals surface area contributed by atoms with Gasteiger partial charge in [0, 0.05) is 25.9 Å². The molecule has 0 unspecified atom stereocenters. The van der Waals surface area contributed by atoms with Crippen molar-refractivity contribution in [3.05, 3.63) is 0 Å². The number of rotatable bonds is 3. The van der Waals surface area contributed by atoms with Crippen molar-refractivity contribution in [3.8, 4) is 0 Å². The fourth-order valence-corrected chi connectivity index (χ4v) is 1.46. The van der Waals surface area contributed by atoms with E-state index in [4.69, 9.17) is 0 Å². The van der Waals surface area contributed by atoms with E-state index in [1.165, 1.54) is 6.42 Å². The van der Waals surface area contributed by atoms with Crippen molar-refractivity contribution in [1.82, 2.24) is 4.90 Å². The van der Waals surface area contributed by atoms with Crippen LogP contribution in [0.15, 0.2) is 0 Å². The molecule has 0 aromatic rings. The summed E-state index contributed by atoms with van der Waals surface area (Å²) in [5.41, 5.74) is 0. The van der Waals surface area contributed by atoms with E-state index in [-0.39, 0.29) is 12.3 Å². The molecule has 1 aliphatic heterocycles. The molecule has 0 N–H and O–H groups in total. The Morgan fingerprint density at radius 3 is 2.50 bits per heavy atom. The summed E-state index contributed by atoms with van der Waals surface area (Å²) in [6.07, 6.45) is 5.76. The van der Waals surface area contributed by atoms with Crippen LogP contribution in [0.2, 0.25) is 0 Å². The Balaban J connectivity index is 2.24. The summed E-state index contributed by atoms with van der Waals surface area (Å²) in [4.78, 5) is 23.0. The number of hydrogen-bond acceptors (Lipinski definition) is 2. The first-order valence-electron chi connectivity index (χ1n) is 4.47. The van der Waals surface area contributed by atoms with Gasteiger partial charge in [-0.15, -0.1) is 0 Å². The molecule has 1 rings (SSSR count). The highest BCUT2D eigenvalue weighted by Gasteiger charge is 2.15. The molecule has 1 amide bonds. The second-order valence-corrected chi connectivity index (χ2v) is 3.09. The molecule has 12 heavy (non-hydrogen) atoms. The maximum absolute atomic E-state index is 11.3. The first-order valence-corrected chi connectivity index (χ1v) is 4.47. The Morgan fingerprint density at radius 1 is 1.25 bits per heavy atom. The summed E-state index contributed by atoms with van der Waals surface area (Å²) in [5, 5.41) is 0. The van der Waals surface area contributed by atoms with Gasteiger partial charge in [-0.2, -0.15) is 0 Å². The highest BCUT2D eigenvalue weighted by atomic mass is 16.2. The molecule has 0 spiro atoms. The quantitative estimate of drug-likeness (QED) is 0.627. The fraction of sp³-hybridized carbons (Fsp3) is 0.778. The lowest BCUT2D eigenvalue weighted by Crippen LogP contribution is -2.35. The maximum Gasteiger partial charge on any atom is 0.223 e. The van der Waals surface area contributed by atoms with Gasteiger partial charge in [0.1, 0.15) is 0 Å². The number of nitrogens with zero attached hydrogens (tertiary/aromatic N) is 1. The lowest BCUT2D eigenvalue weighted by molar-refractivity contribution is -0.131. The van der Waals surface area contributed by atoms with Gasteiger partial charge in [0.05, 0.1) is 0 Å². The van der Waals surface area contributed by atoms with Crippen LogP contribution in [0, 0.1) is 0 Å². The molecule has 0 atom stereocenters. The minimum atomic E-state index is 0.109. The number of carbonyl (C=O) groups is 1. The smallest absolute Gasteiger partial charge is 0.223 e. The van der Waals surface area contributed by atoms with Gasteiger partial charge >= 0.3 is 0 Å². The van der Waals surface area contributed by atoms with Crippen LogP contribution in [0.25, 0.3) is 0 Å². The van der Waals surface area contributed by atoms with Gasteiger partial charge in [-0.05, 0) is 19.3 Å². The molecule has 3 nitrogen and oxygen atoms in total. The van der Waals surface area contributed by atoms with Crippen LogP contribution < -0.4 is 0 Å². The largest absolute Gasteiger partial charge is 0.343 e. The normalized spacial score (nSPS) is 17.5. The van der Waals surface area contributed by atoms with Crippen LogP contribution >= 0.6 is 0 Å². The van der Waals surface area contributed by atoms with Crippen molar-refractivity contribution in [2.75, 3.05) is 13.1 Å². The monoisotopic (exact) mass is 168 g/mol. The minimum Gasteiger partial charge on any atom is -0.343 e. The predicted molar refractivity (Wildman–Crippen MR) is 45.4 cm³/mol. The zero-order chi connectivity index (χ0) is 8.81. The molecule has 1 radical (unpaired) electrons. The Labute approximate surface area is 72.7 Å². The number of likely N-dealkylation sites (tertiary alicyclic amines) is 1. The number of carbonyl (C=O) groups excluding carboxylic acids is 2. The van der Waals surface area contributed by atoms with Gasteiger partial charge in [0.2, 0.25) is 5.91 Å². The molecule has 3 heteroatoms. The van der Waals surface area contributed by atoms with Crippen LogP contribution in [0.4, 0.5) is 0 Å². The first kappa shape index (κ1) is 9.23. The van der Waals surface area contributed by atoms with Crippen LogP contribution in [0.1, 0.15) is 32.1 Å². The highest BCUT2D eigenvalue weighted by molar-refractivity contribution is 5.78. The van der Waals surface area contributed by atoms with Gasteiger partial charge in [-0.25, -0.2) is 0 Å². The Bertz CT molecular complexity index is 162. The molecule has 1 fully saturated rings. The molecule has 1 saturated heterocycles. The third-order valence-electron chi connectivity index (χ3n) is 2.15. The number of amides is 1. The minimum absolute atomic E-state index is 0.109. The summed E-state index contributed by atoms with van der Waals surface area (Å²) >= 11 is 0. The van der Waals surface area contributed by atoms with Gasteiger partial charge in [-0.1, -0.05) is 0 Å². The van der Waals surface area contributed by atoms with Crippen molar-refractivity contribution >= 4 is 12.2 Å². The van der Waals surface area contributed by atoms with Crippen molar-refractivity contribution in [2.24, 2.45) is 0 Å². The summed E-state index contributed by atoms with van der Waals surface area (Å²) < 4.78 is 0. The van der Waals surface area contributed by atoms with E-state index in [0.29, 0.717) is 6.42 Å². The Kier molecular flexibility index (Phi) is 3.77. The summed E-state index contributed by atoms with van der Waals surface area (Å²) in [6.45, 7) is 1.75. The van der Waals surface area contributed by atoms with E-state index in [2.05, 4.69) is 0 Å². The molecular weight excluding hydrogens is 154 g/mol. The van der Waals surface area contributed by atoms with Gasteiger partial charge in [-0.3, -0.25) is 9.59 Å². The second-order valence-electron chi connectivity index (χ2n) is 3.09. The van der Waals surface area contributed by atoms with Crippen molar-refractivity contribution < 1.29 is 9.59 Å². The van der Waals surface area contributed by atoms with Crippen LogP contribution in [0.5, 0.6) is 0 Å². The molecule has 0 bridgehead atoms. The highest BCUT2D eigenvalue weighted by Crippen LogP contribution is 2.09. The third kappa shape index (κ3) is 2.64. The number of hydrogen-bond donors (Lipinski definition) is 0. The maximum atomic E-state index is 11.3. The van der Waals surface area contributed by atoms with Gasteiger partial charge in [0.15, 0.2) is 6.29 Å². The molecule has 1 heterocycles. The molecule has 0 aliphatic carbocycles. The van der Waals surface area contributed by atoms with Crippen LogP contribution in [-0.2, 0) is 9.59 Å². The van der Waals surface area contributed by atoms with E-state index in [0.717, 1.165) is 25.9 Å². The van der Waals surface area contributed by atoms with E-state index >= 15 is 0 Å². The molecule has 0 saturated carbocycles. The molecular formula is C9H14NO2. The summed E-state index contributed by atoms with van der Waals surface area (Å²) in [6, 6.07) is 0. The zero-order valence-electron chi connectivity index (χ0n) is 7.21. The lowest BCUT2D eigenvalue weighted by atomic mass is 10.1. The standard InChI is InChI=1S/C9H14NO2/c11-8-4-5-9(12)10-6-2-1-3-7-10/h1-7H2. The third-order valence-corrected chi connectivity index (χ3v) is 2.15. The predicted octanol–water partition coefficient (Wildman–Crippen LogP) is 0.889. The first-order chi connectivity index (χ1) is 5.84. The van der Waals surface area contributed by atoms with E-state index in [1.54, 1.807) is 6.29 Å². The molecule has 1 aliphatic rings. The van der Waals surface area contributed by atoms with Crippen LogP contribution in [0.3, 0.4) is 0 Å². The average Bonchev–Trinajstić information content (AvgIpc) is 2.15. The summed E-state index contributed by atoms with van der Waals surface area (Å²) in [7, 11) is 0. The Morgan fingerprint density at radius 2 is 1.92 bits per heavy atom. The van der Waals surface area contributed by atoms with Gasteiger partial charge in [0.25, 0.3) is 0 Å². The van der Waals surface area contributed by atoms with E-state index in [1.807, 2.05) is 4.90 Å². The summed E-state index contributed by atoms with van der Waals surface area (Å²) in [5.74, 6) is 0.109. The second kappa shape index (κ2) is 4.91. The van der Waals surface area contributed by atoms with Crippen molar-refractivity contribution in [3.63, 3.8) is 0 Å². The average molecular weight is 168 g/mol.